The number of hydrogen-bond donors (Lipinski definition) is 1. The normalized spacial score (nSPS) is 12.4. The molecule has 0 aliphatic carbocycles. The van der Waals surface area contributed by atoms with Crippen LogP contribution in [0, 0.1) is 0 Å². The lowest BCUT2D eigenvalue weighted by atomic mass is 9.85. The van der Waals surface area contributed by atoms with Crippen molar-refractivity contribution in [2.24, 2.45) is 0 Å². The number of amides is 1. The van der Waals surface area contributed by atoms with E-state index in [9.17, 15) is 4.79 Å². The number of nitrogens with one attached hydrogen (secondary N) is 1. The van der Waals surface area contributed by atoms with Crippen LogP contribution in [0.15, 0.2) is 28.7 Å². The van der Waals surface area contributed by atoms with Gasteiger partial charge in [-0.05, 0) is 62.4 Å². The van der Waals surface area contributed by atoms with Crippen molar-refractivity contribution in [3.63, 3.8) is 0 Å². The Morgan fingerprint density at radius 3 is 2.19 bits per heavy atom. The fraction of sp³-hybridized carbons (Fsp3) is 0.476. The van der Waals surface area contributed by atoms with Gasteiger partial charge in [0.25, 0.3) is 9.04 Å². The van der Waals surface area contributed by atoms with Crippen LogP contribution < -0.4 is 9.74 Å². The Bertz CT molecular complexity index is 851. The van der Waals surface area contributed by atoms with E-state index in [1.807, 2.05) is 26.8 Å². The summed E-state index contributed by atoms with van der Waals surface area (Å²) in [5.74, 6) is 0.658. The maximum absolute atomic E-state index is 12.5. The minimum Gasteiger partial charge on any atom is -0.541 e. The molecule has 0 saturated heterocycles. The topological polar surface area (TPSA) is 47.6 Å². The molecule has 27 heavy (non-hydrogen) atoms. The summed E-state index contributed by atoms with van der Waals surface area (Å²) >= 11 is 3.65. The number of carbonyl (C=O) groups is 1. The maximum Gasteiger partial charge on any atom is 0.412 e. The van der Waals surface area contributed by atoms with Crippen LogP contribution in [0.3, 0.4) is 0 Å². The number of anilines is 1. The Morgan fingerprint density at radius 2 is 1.67 bits per heavy atom. The Kier molecular flexibility index (Phi) is 6.32. The maximum atomic E-state index is 12.5. The smallest absolute Gasteiger partial charge is 0.412 e. The molecule has 0 atom stereocenters. The quantitative estimate of drug-likeness (QED) is 0.518. The summed E-state index contributed by atoms with van der Waals surface area (Å²) in [5.41, 5.74) is 1.26. The zero-order chi connectivity index (χ0) is 20.6. The summed E-state index contributed by atoms with van der Waals surface area (Å²) in [6.45, 7) is 16.2. The van der Waals surface area contributed by atoms with E-state index in [4.69, 9.17) is 9.16 Å². The van der Waals surface area contributed by atoms with Crippen molar-refractivity contribution < 1.29 is 14.0 Å². The lowest BCUT2D eigenvalue weighted by molar-refractivity contribution is 0.0635. The van der Waals surface area contributed by atoms with Gasteiger partial charge in [0.1, 0.15) is 11.4 Å². The minimum absolute atomic E-state index is 0.00875. The highest BCUT2D eigenvalue weighted by Crippen LogP contribution is 2.41. The average molecular weight is 451 g/mol. The van der Waals surface area contributed by atoms with Gasteiger partial charge in [0.15, 0.2) is 0 Å². The number of ether oxygens (including phenoxy) is 1. The van der Waals surface area contributed by atoms with Gasteiger partial charge in [-0.1, -0.05) is 48.8 Å². The summed E-state index contributed by atoms with van der Waals surface area (Å²) in [6, 6.07) is 8.24. The molecular weight excluding hydrogens is 422 g/mol. The van der Waals surface area contributed by atoms with Crippen LogP contribution in [0.2, 0.25) is 13.1 Å². The van der Waals surface area contributed by atoms with Gasteiger partial charge in [-0.3, -0.25) is 5.32 Å². The lowest BCUT2D eigenvalue weighted by Crippen LogP contribution is -2.27. The number of benzene rings is 2. The second kappa shape index (κ2) is 7.84. The van der Waals surface area contributed by atoms with Crippen molar-refractivity contribution >= 4 is 47.5 Å². The second-order valence-electron chi connectivity index (χ2n) is 8.88. The van der Waals surface area contributed by atoms with Crippen molar-refractivity contribution in [1.29, 1.82) is 0 Å². The van der Waals surface area contributed by atoms with E-state index in [0.717, 1.165) is 15.2 Å². The summed E-state index contributed by atoms with van der Waals surface area (Å²) in [5, 5.41) is 4.88. The van der Waals surface area contributed by atoms with Crippen LogP contribution in [0.4, 0.5) is 10.5 Å². The molecule has 1 N–H and O–H groups in total. The molecule has 0 heterocycles. The summed E-state index contributed by atoms with van der Waals surface area (Å²) < 4.78 is 12.5. The zero-order valence-electron chi connectivity index (χ0n) is 17.4. The molecule has 0 unspecified atom stereocenters. The monoisotopic (exact) mass is 450 g/mol. The highest BCUT2D eigenvalue weighted by molar-refractivity contribution is 9.10. The number of fused-ring (bicyclic) bond motifs is 1. The van der Waals surface area contributed by atoms with Gasteiger partial charge in [0.2, 0.25) is 0 Å². The first-order valence-corrected chi connectivity index (χ1v) is 12.2. The fourth-order valence-corrected chi connectivity index (χ4v) is 3.81. The van der Waals surface area contributed by atoms with Crippen molar-refractivity contribution in [2.45, 2.75) is 65.7 Å². The van der Waals surface area contributed by atoms with E-state index in [2.05, 4.69) is 73.3 Å². The van der Waals surface area contributed by atoms with Crippen LogP contribution >= 0.6 is 15.9 Å². The van der Waals surface area contributed by atoms with E-state index < -0.39 is 20.7 Å². The van der Waals surface area contributed by atoms with E-state index >= 15 is 0 Å². The Labute approximate surface area is 172 Å². The third-order valence-corrected chi connectivity index (χ3v) is 5.14. The fourth-order valence-electron chi connectivity index (χ4n) is 2.66. The van der Waals surface area contributed by atoms with Gasteiger partial charge in [0, 0.05) is 9.86 Å². The molecule has 0 aliphatic rings. The molecule has 147 valence electrons. The van der Waals surface area contributed by atoms with Gasteiger partial charge >= 0.3 is 6.09 Å². The van der Waals surface area contributed by atoms with Gasteiger partial charge < -0.3 is 9.16 Å². The zero-order valence-corrected chi connectivity index (χ0v) is 20.0. The van der Waals surface area contributed by atoms with Crippen LogP contribution in [0.1, 0.15) is 47.1 Å². The second-order valence-corrected chi connectivity index (χ2v) is 11.8. The molecular formula is C21H29BrNO3Si. The van der Waals surface area contributed by atoms with Crippen molar-refractivity contribution in [2.75, 3.05) is 5.32 Å². The van der Waals surface area contributed by atoms with E-state index in [1.54, 1.807) is 0 Å². The molecule has 0 bridgehead atoms. The standard InChI is InChI=1S/C21H29BrNO3Si/c1-20(2,3)13-9-10-14-15(11-13)18(23-19(24)25-21(4,5)6)17(12-16(14)22)26-27(7)8/h9-12H,1-8H3,(H,23,24). The van der Waals surface area contributed by atoms with Crippen LogP contribution in [-0.2, 0) is 10.2 Å². The third kappa shape index (κ3) is 5.72. The Balaban J connectivity index is 2.66. The predicted molar refractivity (Wildman–Crippen MR) is 118 cm³/mol. The van der Waals surface area contributed by atoms with Crippen molar-refractivity contribution in [3.8, 4) is 5.75 Å². The van der Waals surface area contributed by atoms with Crippen LogP contribution in [-0.4, -0.2) is 20.7 Å². The molecule has 0 saturated carbocycles. The van der Waals surface area contributed by atoms with E-state index in [-0.39, 0.29) is 5.41 Å². The molecule has 0 fully saturated rings. The molecule has 0 aliphatic heterocycles. The average Bonchev–Trinajstić information content (AvgIpc) is 2.47. The Morgan fingerprint density at radius 1 is 1.04 bits per heavy atom. The van der Waals surface area contributed by atoms with Gasteiger partial charge in [0.05, 0.1) is 5.69 Å². The molecule has 2 rings (SSSR count). The molecule has 6 heteroatoms. The summed E-state index contributed by atoms with van der Waals surface area (Å²) in [7, 11) is -1.01. The molecule has 1 radical (unpaired) electrons. The first kappa shape index (κ1) is 21.8. The van der Waals surface area contributed by atoms with Crippen LogP contribution in [0.5, 0.6) is 5.75 Å². The van der Waals surface area contributed by atoms with Gasteiger partial charge in [-0.15, -0.1) is 0 Å². The minimum atomic E-state index is -1.01. The highest BCUT2D eigenvalue weighted by atomic mass is 79.9. The molecule has 2 aromatic rings. The van der Waals surface area contributed by atoms with E-state index in [1.165, 1.54) is 5.56 Å². The van der Waals surface area contributed by atoms with Crippen LogP contribution in [0.25, 0.3) is 10.8 Å². The number of halogens is 1. The molecule has 0 aromatic heterocycles. The van der Waals surface area contributed by atoms with E-state index in [0.29, 0.717) is 11.4 Å². The summed E-state index contributed by atoms with van der Waals surface area (Å²) in [6.07, 6.45) is -0.488. The number of rotatable bonds is 3. The predicted octanol–water partition coefficient (Wildman–Crippen LogP) is 6.88. The lowest BCUT2D eigenvalue weighted by Gasteiger charge is -2.24. The largest absolute Gasteiger partial charge is 0.541 e. The third-order valence-electron chi connectivity index (χ3n) is 3.86. The molecule has 1 amide bonds. The van der Waals surface area contributed by atoms with Gasteiger partial charge in [-0.2, -0.15) is 0 Å². The Hall–Kier alpha value is -1.53. The summed E-state index contributed by atoms with van der Waals surface area (Å²) in [4.78, 5) is 12.5. The number of hydrogen-bond acceptors (Lipinski definition) is 3. The first-order chi connectivity index (χ1) is 12.3. The highest BCUT2D eigenvalue weighted by Gasteiger charge is 2.22. The number of carbonyl (C=O) groups excluding carboxylic acids is 1. The first-order valence-electron chi connectivity index (χ1n) is 9.02. The SMILES string of the molecule is C[Si](C)Oc1cc(Br)c2ccc(C(C)(C)C)cc2c1NC(=O)OC(C)(C)C. The van der Waals surface area contributed by atoms with Gasteiger partial charge in [-0.25, -0.2) is 4.79 Å². The molecule has 2 aromatic carbocycles. The van der Waals surface area contributed by atoms with Crippen molar-refractivity contribution in [1.82, 2.24) is 0 Å². The molecule has 0 spiro atoms. The molecule has 4 nitrogen and oxygen atoms in total. The van der Waals surface area contributed by atoms with Crippen molar-refractivity contribution in [3.05, 3.63) is 34.3 Å².